The summed E-state index contributed by atoms with van der Waals surface area (Å²) in [5.74, 6) is -2.84. The molecule has 174 valence electrons. The molecule has 0 saturated heterocycles. The van der Waals surface area contributed by atoms with Gasteiger partial charge in [0.25, 0.3) is 11.8 Å². The highest BCUT2D eigenvalue weighted by molar-refractivity contribution is 6.32. The molecule has 2 aromatic rings. The second kappa shape index (κ2) is 11.2. The lowest BCUT2D eigenvalue weighted by atomic mass is 10.1. The molecule has 3 amide bonds. The number of ether oxygens (including phenoxy) is 1. The summed E-state index contributed by atoms with van der Waals surface area (Å²) < 4.78 is 5.10. The van der Waals surface area contributed by atoms with Gasteiger partial charge in [-0.05, 0) is 42.4 Å². The van der Waals surface area contributed by atoms with Crippen molar-refractivity contribution in [1.82, 2.24) is 16.2 Å². The third-order valence-corrected chi connectivity index (χ3v) is 5.21. The minimum Gasteiger partial charge on any atom is -0.454 e. The smallest absolute Gasteiger partial charge is 0.397 e. The molecule has 5 N–H and O–H groups in total. The Morgan fingerprint density at radius 1 is 0.939 bits per heavy atom. The van der Waals surface area contributed by atoms with Crippen molar-refractivity contribution < 1.29 is 23.9 Å². The summed E-state index contributed by atoms with van der Waals surface area (Å²) in [6.07, 6.45) is 2.49. The van der Waals surface area contributed by atoms with Crippen molar-refractivity contribution in [2.45, 2.75) is 50.8 Å². The van der Waals surface area contributed by atoms with Crippen molar-refractivity contribution in [2.75, 3.05) is 0 Å². The van der Waals surface area contributed by atoms with E-state index in [1.807, 2.05) is 30.3 Å². The van der Waals surface area contributed by atoms with Gasteiger partial charge in [-0.3, -0.25) is 25.2 Å². The highest BCUT2D eigenvalue weighted by Gasteiger charge is 2.26. The molecule has 2 aromatic carbocycles. The molecule has 0 aliphatic heterocycles. The van der Waals surface area contributed by atoms with E-state index in [9.17, 15) is 19.2 Å². The number of rotatable bonds is 8. The van der Waals surface area contributed by atoms with Gasteiger partial charge in [-0.1, -0.05) is 54.6 Å². The molecule has 0 unspecified atom stereocenters. The zero-order valence-corrected chi connectivity index (χ0v) is 18.4. The Morgan fingerprint density at radius 3 is 2.18 bits per heavy atom. The van der Waals surface area contributed by atoms with Crippen LogP contribution in [0, 0.1) is 0 Å². The normalized spacial score (nSPS) is 14.5. The first-order chi connectivity index (χ1) is 15.8. The van der Waals surface area contributed by atoms with E-state index in [0.717, 1.165) is 11.1 Å². The number of hydrogen-bond acceptors (Lipinski definition) is 6. The Hall–Kier alpha value is -3.72. The highest BCUT2D eigenvalue weighted by atomic mass is 16.5. The summed E-state index contributed by atoms with van der Waals surface area (Å²) >= 11 is 0. The number of hydrazine groups is 1. The van der Waals surface area contributed by atoms with Crippen molar-refractivity contribution in [1.29, 1.82) is 0 Å². The number of benzene rings is 2. The highest BCUT2D eigenvalue weighted by Crippen LogP contribution is 2.39. The van der Waals surface area contributed by atoms with Gasteiger partial charge in [0.1, 0.15) is 12.6 Å². The van der Waals surface area contributed by atoms with Gasteiger partial charge in [0.05, 0.1) is 6.04 Å². The van der Waals surface area contributed by atoms with Crippen LogP contribution in [0.15, 0.2) is 54.6 Å². The first kappa shape index (κ1) is 23.9. The number of carbonyl (C=O) groups is 4. The summed E-state index contributed by atoms with van der Waals surface area (Å²) in [5, 5.41) is 2.38. The first-order valence-electron chi connectivity index (χ1n) is 10.8. The quantitative estimate of drug-likeness (QED) is 0.266. The summed E-state index contributed by atoms with van der Waals surface area (Å²) in [6, 6.07) is 14.7. The van der Waals surface area contributed by atoms with Crippen LogP contribution in [-0.2, 0) is 36.9 Å². The van der Waals surface area contributed by atoms with Crippen LogP contribution >= 0.6 is 0 Å². The van der Waals surface area contributed by atoms with Crippen molar-refractivity contribution in [3.8, 4) is 0 Å². The Labute approximate surface area is 192 Å². The topological polar surface area (TPSA) is 140 Å². The van der Waals surface area contributed by atoms with Crippen LogP contribution in [0.25, 0.3) is 0 Å². The lowest BCUT2D eigenvalue weighted by Crippen LogP contribution is -2.56. The largest absolute Gasteiger partial charge is 0.454 e. The molecule has 0 spiro atoms. The fourth-order valence-corrected chi connectivity index (χ4v) is 3.12. The fraction of sp³-hybridized carbons (Fsp3) is 0.333. The second-order valence-corrected chi connectivity index (χ2v) is 8.07. The number of nitrogens with two attached hydrogens (primary N) is 1. The maximum absolute atomic E-state index is 12.6. The zero-order valence-electron chi connectivity index (χ0n) is 18.4. The monoisotopic (exact) mass is 452 g/mol. The van der Waals surface area contributed by atoms with Gasteiger partial charge in [-0.2, -0.15) is 0 Å². The van der Waals surface area contributed by atoms with E-state index in [1.165, 1.54) is 25.3 Å². The predicted octanol–water partition coefficient (Wildman–Crippen LogP) is 0.829. The minimum atomic E-state index is -1.13. The van der Waals surface area contributed by atoms with Crippen LogP contribution in [0.5, 0.6) is 0 Å². The molecule has 1 fully saturated rings. The van der Waals surface area contributed by atoms with Crippen molar-refractivity contribution in [3.05, 3.63) is 71.3 Å². The van der Waals surface area contributed by atoms with E-state index in [0.29, 0.717) is 5.92 Å². The van der Waals surface area contributed by atoms with Crippen LogP contribution < -0.4 is 21.9 Å². The lowest BCUT2D eigenvalue weighted by molar-refractivity contribution is -0.156. The molecule has 9 nitrogen and oxygen atoms in total. The third-order valence-electron chi connectivity index (χ3n) is 5.21. The molecule has 3 rings (SSSR count). The molecule has 33 heavy (non-hydrogen) atoms. The van der Waals surface area contributed by atoms with Gasteiger partial charge in [0, 0.05) is 6.42 Å². The molecule has 2 atom stereocenters. The van der Waals surface area contributed by atoms with Crippen molar-refractivity contribution >= 4 is 23.7 Å². The van der Waals surface area contributed by atoms with E-state index in [2.05, 4.69) is 16.2 Å². The van der Waals surface area contributed by atoms with Crippen LogP contribution in [-0.4, -0.2) is 35.8 Å². The molecule has 9 heteroatoms. The van der Waals surface area contributed by atoms with Crippen LogP contribution in [0.1, 0.15) is 42.4 Å². The molecule has 0 radical (unpaired) electrons. The number of nitrogens with one attached hydrogen (secondary N) is 3. The number of carbonyl (C=O) groups excluding carboxylic acids is 4. The molecular formula is C24H28N4O5. The Bertz CT molecular complexity index is 988. The first-order valence-corrected chi connectivity index (χ1v) is 10.8. The zero-order chi connectivity index (χ0) is 23.8. The maximum atomic E-state index is 12.6. The van der Waals surface area contributed by atoms with Gasteiger partial charge in [0.2, 0.25) is 0 Å². The number of amides is 3. The number of esters is 1. The molecule has 1 aliphatic rings. The summed E-state index contributed by atoms with van der Waals surface area (Å²) in [7, 11) is 0. The van der Waals surface area contributed by atoms with Gasteiger partial charge in [0.15, 0.2) is 0 Å². The van der Waals surface area contributed by atoms with E-state index in [1.54, 1.807) is 24.3 Å². The molecular weight excluding hydrogens is 424 g/mol. The van der Waals surface area contributed by atoms with Crippen LogP contribution in [0.2, 0.25) is 0 Å². The summed E-state index contributed by atoms with van der Waals surface area (Å²) in [5.41, 5.74) is 12.6. The van der Waals surface area contributed by atoms with Gasteiger partial charge >= 0.3 is 11.9 Å². The van der Waals surface area contributed by atoms with Crippen LogP contribution in [0.4, 0.5) is 0 Å². The summed E-state index contributed by atoms with van der Waals surface area (Å²) in [6.45, 7) is 1.40. The summed E-state index contributed by atoms with van der Waals surface area (Å²) in [4.78, 5) is 48.8. The molecule has 0 heterocycles. The SMILES string of the molecule is C[C@H](N)C(=O)NNC(=O)[C@H](Cc1ccccc1)NC(=O)C(=O)OCc1ccc(C2CC2)cc1. The Kier molecular flexibility index (Phi) is 8.15. The molecule has 0 aromatic heterocycles. The average molecular weight is 453 g/mol. The van der Waals surface area contributed by atoms with E-state index < -0.39 is 35.8 Å². The van der Waals surface area contributed by atoms with Crippen LogP contribution in [0.3, 0.4) is 0 Å². The molecule has 0 bridgehead atoms. The number of hydrogen-bond donors (Lipinski definition) is 4. The minimum absolute atomic E-state index is 0.0583. The standard InChI is InChI=1S/C24H28N4O5/c1-15(25)21(29)27-28-22(30)20(13-16-5-3-2-4-6-16)26-23(31)24(32)33-14-17-7-9-18(10-8-17)19-11-12-19/h2-10,15,19-20H,11-14,25H2,1H3,(H,26,31)(H,27,29)(H,28,30)/t15-,20-/m0/s1. The van der Waals surface area contributed by atoms with E-state index in [4.69, 9.17) is 10.5 Å². The van der Waals surface area contributed by atoms with Crippen molar-refractivity contribution in [2.24, 2.45) is 5.73 Å². The predicted molar refractivity (Wildman–Crippen MR) is 120 cm³/mol. The maximum Gasteiger partial charge on any atom is 0.397 e. The second-order valence-electron chi connectivity index (χ2n) is 8.07. The average Bonchev–Trinajstić information content (AvgIpc) is 3.66. The lowest BCUT2D eigenvalue weighted by Gasteiger charge is -2.19. The Balaban J connectivity index is 1.56. The van der Waals surface area contributed by atoms with Gasteiger partial charge in [-0.25, -0.2) is 4.79 Å². The van der Waals surface area contributed by atoms with E-state index in [-0.39, 0.29) is 13.0 Å². The van der Waals surface area contributed by atoms with Gasteiger partial charge in [-0.15, -0.1) is 0 Å². The van der Waals surface area contributed by atoms with E-state index >= 15 is 0 Å². The fourth-order valence-electron chi connectivity index (χ4n) is 3.12. The molecule has 1 aliphatic carbocycles. The van der Waals surface area contributed by atoms with Gasteiger partial charge < -0.3 is 15.8 Å². The third kappa shape index (κ3) is 7.43. The molecule has 1 saturated carbocycles. The van der Waals surface area contributed by atoms with Crippen molar-refractivity contribution in [3.63, 3.8) is 0 Å². The Morgan fingerprint density at radius 2 is 1.58 bits per heavy atom.